The first-order chi connectivity index (χ1) is 3.89. The molecule has 0 unspecified atom stereocenters. The molecule has 0 N–H and O–H groups in total. The van der Waals surface area contributed by atoms with Crippen molar-refractivity contribution in [3.63, 3.8) is 0 Å². The van der Waals surface area contributed by atoms with Crippen LogP contribution < -0.4 is 0 Å². The summed E-state index contributed by atoms with van der Waals surface area (Å²) in [5.41, 5.74) is 0. The topological polar surface area (TPSA) is 9.23 Å². The van der Waals surface area contributed by atoms with Crippen molar-refractivity contribution >= 4 is 50.0 Å². The van der Waals surface area contributed by atoms with Crippen molar-refractivity contribution in [1.29, 1.82) is 0 Å². The Labute approximate surface area is 65.7 Å². The average Bonchev–Trinajstić information content (AvgIpc) is 1.94. The Hall–Kier alpha value is 0.940. The first-order valence-corrected chi connectivity index (χ1v) is 5.82. The van der Waals surface area contributed by atoms with Crippen LogP contribution in [0.5, 0.6) is 0 Å². The van der Waals surface area contributed by atoms with Gasteiger partial charge in [0.05, 0.1) is 5.08 Å². The van der Waals surface area contributed by atoms with E-state index in [4.69, 9.17) is 17.0 Å². The van der Waals surface area contributed by atoms with E-state index >= 15 is 0 Å². The largest absolute Gasteiger partial charge is 0.467 e. The quantitative estimate of drug-likeness (QED) is 0.421. The fraction of sp³-hybridized carbons (Fsp3) is 0.667. The molecular formula is C3H4OS4. The summed E-state index contributed by atoms with van der Waals surface area (Å²) in [6.45, 7) is 0. The van der Waals surface area contributed by atoms with Crippen molar-refractivity contribution in [3.8, 4) is 0 Å². The van der Waals surface area contributed by atoms with E-state index in [0.29, 0.717) is 10.3 Å². The van der Waals surface area contributed by atoms with Crippen molar-refractivity contribution in [3.05, 3.63) is 0 Å². The zero-order valence-electron chi connectivity index (χ0n) is 3.96. The Balaban J connectivity index is 2.27. The molecule has 5 heteroatoms. The second-order valence-electron chi connectivity index (χ2n) is 1.01. The second-order valence-corrected chi connectivity index (χ2v) is 5.36. The van der Waals surface area contributed by atoms with Crippen LogP contribution in [0.1, 0.15) is 0 Å². The van der Waals surface area contributed by atoms with Crippen molar-refractivity contribution < 1.29 is 4.74 Å². The fourth-order valence-electron chi connectivity index (χ4n) is 0.254. The van der Waals surface area contributed by atoms with E-state index in [9.17, 15) is 0 Å². The van der Waals surface area contributed by atoms with Gasteiger partial charge in [-0.25, -0.2) is 0 Å². The molecule has 0 aliphatic carbocycles. The highest BCUT2D eigenvalue weighted by Crippen LogP contribution is 2.30. The monoisotopic (exact) mass is 184 g/mol. The first-order valence-electron chi connectivity index (χ1n) is 1.93. The number of hydrogen-bond acceptors (Lipinski definition) is 5. The third-order valence-corrected chi connectivity index (χ3v) is 4.25. The van der Waals surface area contributed by atoms with Crippen LogP contribution in [0.4, 0.5) is 0 Å². The minimum Gasteiger partial charge on any atom is -0.467 e. The van der Waals surface area contributed by atoms with E-state index < -0.39 is 0 Å². The summed E-state index contributed by atoms with van der Waals surface area (Å²) in [5.74, 6) is 0.705. The molecule has 0 aromatic heterocycles. The molecule has 0 spiro atoms. The second kappa shape index (κ2) is 3.87. The maximum absolute atomic E-state index is 5.04. The van der Waals surface area contributed by atoms with Crippen molar-refractivity contribution in [2.75, 3.05) is 11.0 Å². The smallest absolute Gasteiger partial charge is 0.221 e. The molecule has 1 nitrogen and oxygen atoms in total. The lowest BCUT2D eigenvalue weighted by molar-refractivity contribution is 0.404. The van der Waals surface area contributed by atoms with E-state index in [1.54, 1.807) is 33.3 Å². The summed E-state index contributed by atoms with van der Waals surface area (Å²) >= 11 is 6.40. The van der Waals surface area contributed by atoms with Crippen LogP contribution in [0, 0.1) is 0 Å². The summed E-state index contributed by atoms with van der Waals surface area (Å²) in [5, 5.41) is 1.02. The molecule has 1 heterocycles. The van der Waals surface area contributed by atoms with E-state index in [1.165, 1.54) is 0 Å². The molecule has 1 rings (SSSR count). The Morgan fingerprint density at radius 1 is 1.50 bits per heavy atom. The number of thioether (sulfide) groups is 1. The van der Waals surface area contributed by atoms with Gasteiger partial charge in [-0.3, -0.25) is 0 Å². The Bertz CT molecular complexity index is 83.3. The molecule has 0 aromatic rings. The Kier molecular flexibility index (Phi) is 3.41. The van der Waals surface area contributed by atoms with Gasteiger partial charge >= 0.3 is 0 Å². The lowest BCUT2D eigenvalue weighted by atomic mass is 11.5. The number of thiocarbonyl (C=S) groups is 1. The molecule has 0 bridgehead atoms. The average molecular weight is 184 g/mol. The van der Waals surface area contributed by atoms with E-state index in [1.807, 2.05) is 0 Å². The molecule has 1 aliphatic heterocycles. The van der Waals surface area contributed by atoms with E-state index in [0.717, 1.165) is 5.08 Å². The van der Waals surface area contributed by atoms with Crippen molar-refractivity contribution in [2.45, 2.75) is 0 Å². The highest BCUT2D eigenvalue weighted by molar-refractivity contribution is 8.78. The first kappa shape index (κ1) is 7.05. The van der Waals surface area contributed by atoms with Crippen LogP contribution >= 0.6 is 45.6 Å². The van der Waals surface area contributed by atoms with Gasteiger partial charge in [0.2, 0.25) is 4.38 Å². The summed E-state index contributed by atoms with van der Waals surface area (Å²) < 4.78 is 5.72. The summed E-state index contributed by atoms with van der Waals surface area (Å²) in [6, 6.07) is 0. The Morgan fingerprint density at radius 2 is 2.38 bits per heavy atom. The van der Waals surface area contributed by atoms with Gasteiger partial charge < -0.3 is 4.74 Å². The maximum Gasteiger partial charge on any atom is 0.221 e. The van der Waals surface area contributed by atoms with Crippen molar-refractivity contribution in [2.24, 2.45) is 0 Å². The third-order valence-electron chi connectivity index (χ3n) is 0.533. The lowest BCUT2D eigenvalue weighted by Gasteiger charge is -1.95. The summed E-state index contributed by atoms with van der Waals surface area (Å²) in [6.07, 6.45) is 0. The normalized spacial score (nSPS) is 21.8. The predicted molar refractivity (Wildman–Crippen MR) is 46.2 cm³/mol. The third kappa shape index (κ3) is 2.48. The molecular weight excluding hydrogens is 180 g/mol. The van der Waals surface area contributed by atoms with Crippen molar-refractivity contribution in [1.82, 2.24) is 0 Å². The molecule has 0 amide bonds. The number of hydrogen-bond donors (Lipinski definition) is 0. The number of ether oxygens (including phenoxy) is 1. The van der Waals surface area contributed by atoms with Gasteiger partial charge in [-0.05, 0) is 12.2 Å². The molecule has 1 saturated heterocycles. The van der Waals surface area contributed by atoms with Gasteiger partial charge in [-0.15, -0.1) is 0 Å². The highest BCUT2D eigenvalue weighted by Gasteiger charge is 2.03. The van der Waals surface area contributed by atoms with Gasteiger partial charge in [0.15, 0.2) is 0 Å². The molecule has 0 aromatic carbocycles. The molecule has 1 fully saturated rings. The van der Waals surface area contributed by atoms with Crippen LogP contribution in [-0.2, 0) is 4.74 Å². The molecule has 1 aliphatic rings. The Morgan fingerprint density at radius 3 is 3.25 bits per heavy atom. The lowest BCUT2D eigenvalue weighted by Crippen LogP contribution is -1.91. The SMILES string of the molecule is S=C1OCSSCS1. The minimum atomic E-state index is 0.683. The number of rotatable bonds is 0. The van der Waals surface area contributed by atoms with E-state index in [2.05, 4.69) is 0 Å². The van der Waals surface area contributed by atoms with Crippen LogP contribution in [0.3, 0.4) is 0 Å². The van der Waals surface area contributed by atoms with E-state index in [-0.39, 0.29) is 0 Å². The maximum atomic E-state index is 5.04. The fourth-order valence-corrected chi connectivity index (χ4v) is 3.51. The highest BCUT2D eigenvalue weighted by atomic mass is 33.1. The van der Waals surface area contributed by atoms with Gasteiger partial charge in [-0.1, -0.05) is 33.3 Å². The zero-order valence-corrected chi connectivity index (χ0v) is 7.22. The molecule has 8 heavy (non-hydrogen) atoms. The standard InChI is InChI=1S/C3H4OS4/c5-3-4-1-7-8-2-6-3/h1-2H2. The van der Waals surface area contributed by atoms with Gasteiger partial charge in [0.1, 0.15) is 5.94 Å². The van der Waals surface area contributed by atoms with Gasteiger partial charge in [0, 0.05) is 0 Å². The minimum absolute atomic E-state index is 0.683. The van der Waals surface area contributed by atoms with Gasteiger partial charge in [0.25, 0.3) is 0 Å². The zero-order chi connectivity index (χ0) is 5.82. The predicted octanol–water partition coefficient (Wildman–Crippen LogP) is 2.33. The molecule has 0 radical (unpaired) electrons. The van der Waals surface area contributed by atoms with Crippen LogP contribution in [0.2, 0.25) is 0 Å². The summed E-state index contributed by atoms with van der Waals surface area (Å²) in [7, 11) is 3.49. The molecule has 0 atom stereocenters. The molecule has 0 saturated carbocycles. The van der Waals surface area contributed by atoms with Gasteiger partial charge in [-0.2, -0.15) is 0 Å². The van der Waals surface area contributed by atoms with Crippen LogP contribution in [0.25, 0.3) is 0 Å². The summed E-state index contributed by atoms with van der Waals surface area (Å²) in [4.78, 5) is 0. The van der Waals surface area contributed by atoms with Crippen LogP contribution in [-0.4, -0.2) is 15.4 Å². The molecule has 46 valence electrons. The van der Waals surface area contributed by atoms with Crippen LogP contribution in [0.15, 0.2) is 0 Å².